The van der Waals surface area contributed by atoms with Crippen molar-refractivity contribution in [2.24, 2.45) is 0 Å². The first-order valence-corrected chi connectivity index (χ1v) is 7.39. The molecular formula is C14H18N4OS. The van der Waals surface area contributed by atoms with E-state index in [0.717, 1.165) is 22.8 Å². The molecule has 0 spiro atoms. The zero-order valence-electron chi connectivity index (χ0n) is 11.6. The third kappa shape index (κ3) is 4.31. The van der Waals surface area contributed by atoms with E-state index < -0.39 is 0 Å². The molecule has 2 heterocycles. The van der Waals surface area contributed by atoms with Gasteiger partial charge in [-0.1, -0.05) is 6.07 Å². The molecule has 2 aromatic rings. The molecule has 2 rings (SSSR count). The second-order valence-electron chi connectivity index (χ2n) is 4.48. The van der Waals surface area contributed by atoms with Crippen molar-refractivity contribution in [3.05, 3.63) is 46.2 Å². The summed E-state index contributed by atoms with van der Waals surface area (Å²) in [7, 11) is 0. The van der Waals surface area contributed by atoms with E-state index >= 15 is 0 Å². The van der Waals surface area contributed by atoms with Gasteiger partial charge in [-0.25, -0.2) is 9.78 Å². The van der Waals surface area contributed by atoms with Crippen LogP contribution in [0, 0.1) is 6.92 Å². The minimum absolute atomic E-state index is 0.113. The van der Waals surface area contributed by atoms with Crippen LogP contribution >= 0.6 is 11.3 Å². The van der Waals surface area contributed by atoms with Crippen molar-refractivity contribution in [1.82, 2.24) is 20.6 Å². The zero-order chi connectivity index (χ0) is 14.4. The summed E-state index contributed by atoms with van der Waals surface area (Å²) < 4.78 is 0. The van der Waals surface area contributed by atoms with Gasteiger partial charge in [0.1, 0.15) is 0 Å². The molecule has 0 unspecified atom stereocenters. The lowest BCUT2D eigenvalue weighted by atomic mass is 10.2. The monoisotopic (exact) mass is 290 g/mol. The van der Waals surface area contributed by atoms with E-state index in [4.69, 9.17) is 0 Å². The summed E-state index contributed by atoms with van der Waals surface area (Å²) in [6, 6.07) is 5.35. The summed E-state index contributed by atoms with van der Waals surface area (Å²) >= 11 is 1.62. The summed E-state index contributed by atoms with van der Waals surface area (Å²) in [6.45, 7) is 4.46. The first-order chi connectivity index (χ1) is 9.65. The molecule has 0 radical (unpaired) electrons. The van der Waals surface area contributed by atoms with Gasteiger partial charge >= 0.3 is 6.03 Å². The molecule has 2 aromatic heterocycles. The molecule has 0 bridgehead atoms. The topological polar surface area (TPSA) is 66.9 Å². The molecule has 2 N–H and O–H groups in total. The molecule has 20 heavy (non-hydrogen) atoms. The predicted octanol–water partition coefficient (Wildman–Crippen LogP) is 2.45. The van der Waals surface area contributed by atoms with Crippen LogP contribution in [-0.4, -0.2) is 22.5 Å². The summed E-state index contributed by atoms with van der Waals surface area (Å²) in [5.74, 6) is 0. The Bertz CT molecular complexity index is 555. The molecule has 0 aliphatic heterocycles. The Morgan fingerprint density at radius 3 is 2.95 bits per heavy atom. The fraction of sp³-hybridized carbons (Fsp3) is 0.357. The summed E-state index contributed by atoms with van der Waals surface area (Å²) in [5.41, 5.74) is 1.86. The molecule has 0 aliphatic rings. The van der Waals surface area contributed by atoms with Gasteiger partial charge in [0.25, 0.3) is 0 Å². The number of nitrogens with zero attached hydrogens (tertiary/aromatic N) is 2. The summed E-state index contributed by atoms with van der Waals surface area (Å²) in [4.78, 5) is 20.3. The number of carbonyl (C=O) groups is 1. The highest BCUT2D eigenvalue weighted by Crippen LogP contribution is 2.08. The van der Waals surface area contributed by atoms with Gasteiger partial charge in [0, 0.05) is 24.5 Å². The van der Waals surface area contributed by atoms with Gasteiger partial charge < -0.3 is 10.6 Å². The average molecular weight is 290 g/mol. The SMILES string of the molecule is Cc1nc(CCNC(=O)N[C@H](C)c2ccccn2)cs1. The van der Waals surface area contributed by atoms with Crippen LogP contribution in [0.15, 0.2) is 29.8 Å². The molecule has 0 aromatic carbocycles. The van der Waals surface area contributed by atoms with Crippen molar-refractivity contribution in [2.45, 2.75) is 26.3 Å². The van der Waals surface area contributed by atoms with Crippen molar-refractivity contribution in [3.63, 3.8) is 0 Å². The number of pyridine rings is 1. The Morgan fingerprint density at radius 1 is 1.45 bits per heavy atom. The van der Waals surface area contributed by atoms with Crippen LogP contribution < -0.4 is 10.6 Å². The number of hydrogen-bond acceptors (Lipinski definition) is 4. The fourth-order valence-corrected chi connectivity index (χ4v) is 2.43. The van der Waals surface area contributed by atoms with Crippen LogP contribution in [0.2, 0.25) is 0 Å². The van der Waals surface area contributed by atoms with Gasteiger partial charge in [0.2, 0.25) is 0 Å². The molecule has 6 heteroatoms. The molecule has 5 nitrogen and oxygen atoms in total. The lowest BCUT2D eigenvalue weighted by Crippen LogP contribution is -2.38. The highest BCUT2D eigenvalue weighted by molar-refractivity contribution is 7.09. The highest BCUT2D eigenvalue weighted by Gasteiger charge is 2.09. The van der Waals surface area contributed by atoms with Crippen LogP contribution in [0.5, 0.6) is 0 Å². The molecular weight excluding hydrogens is 272 g/mol. The molecule has 2 amide bonds. The zero-order valence-corrected chi connectivity index (χ0v) is 12.4. The minimum Gasteiger partial charge on any atom is -0.338 e. The second-order valence-corrected chi connectivity index (χ2v) is 5.55. The Labute approximate surface area is 122 Å². The van der Waals surface area contributed by atoms with Gasteiger partial charge in [-0.2, -0.15) is 0 Å². The minimum atomic E-state index is -0.185. The molecule has 0 aliphatic carbocycles. The van der Waals surface area contributed by atoms with Crippen LogP contribution in [0.3, 0.4) is 0 Å². The maximum atomic E-state index is 11.8. The van der Waals surface area contributed by atoms with Crippen LogP contribution in [0.4, 0.5) is 4.79 Å². The number of aromatic nitrogens is 2. The Hall–Kier alpha value is -1.95. The van der Waals surface area contributed by atoms with Crippen LogP contribution in [0.1, 0.15) is 29.4 Å². The Morgan fingerprint density at radius 2 is 2.30 bits per heavy atom. The van der Waals surface area contributed by atoms with Crippen molar-refractivity contribution >= 4 is 17.4 Å². The number of thiazole rings is 1. The van der Waals surface area contributed by atoms with Crippen molar-refractivity contribution in [2.75, 3.05) is 6.54 Å². The van der Waals surface area contributed by atoms with Crippen molar-refractivity contribution < 1.29 is 4.79 Å². The molecule has 0 saturated carbocycles. The van der Waals surface area contributed by atoms with Crippen LogP contribution in [-0.2, 0) is 6.42 Å². The van der Waals surface area contributed by atoms with Gasteiger partial charge in [0.15, 0.2) is 0 Å². The Kier molecular flexibility index (Phi) is 5.06. The number of carbonyl (C=O) groups excluding carboxylic acids is 1. The fourth-order valence-electron chi connectivity index (χ4n) is 1.78. The van der Waals surface area contributed by atoms with E-state index in [9.17, 15) is 4.79 Å². The van der Waals surface area contributed by atoms with E-state index in [1.54, 1.807) is 17.5 Å². The lowest BCUT2D eigenvalue weighted by Gasteiger charge is -2.13. The third-order valence-electron chi connectivity index (χ3n) is 2.81. The van der Waals surface area contributed by atoms with E-state index in [1.807, 2.05) is 37.4 Å². The number of aryl methyl sites for hydroxylation is 1. The maximum absolute atomic E-state index is 11.8. The molecule has 106 valence electrons. The van der Waals surface area contributed by atoms with E-state index in [0.29, 0.717) is 6.54 Å². The van der Waals surface area contributed by atoms with Crippen LogP contribution in [0.25, 0.3) is 0 Å². The van der Waals surface area contributed by atoms with E-state index in [2.05, 4.69) is 20.6 Å². The number of nitrogens with one attached hydrogen (secondary N) is 2. The van der Waals surface area contributed by atoms with E-state index in [-0.39, 0.29) is 12.1 Å². The van der Waals surface area contributed by atoms with E-state index in [1.165, 1.54) is 0 Å². The van der Waals surface area contributed by atoms with Crippen molar-refractivity contribution in [1.29, 1.82) is 0 Å². The second kappa shape index (κ2) is 7.00. The van der Waals surface area contributed by atoms with Crippen molar-refractivity contribution in [3.8, 4) is 0 Å². The van der Waals surface area contributed by atoms with Gasteiger partial charge in [-0.3, -0.25) is 4.98 Å². The Balaban J connectivity index is 1.73. The third-order valence-corrected chi connectivity index (χ3v) is 3.63. The van der Waals surface area contributed by atoms with Gasteiger partial charge in [0.05, 0.1) is 22.4 Å². The maximum Gasteiger partial charge on any atom is 0.315 e. The standard InChI is InChI=1S/C14H18N4OS/c1-10(13-5-3-4-7-15-13)17-14(19)16-8-6-12-9-20-11(2)18-12/h3-5,7,9-10H,6,8H2,1-2H3,(H2,16,17,19)/t10-/m1/s1. The number of rotatable bonds is 5. The first kappa shape index (κ1) is 14.5. The normalized spacial score (nSPS) is 11.9. The lowest BCUT2D eigenvalue weighted by molar-refractivity contribution is 0.238. The molecule has 0 saturated heterocycles. The highest BCUT2D eigenvalue weighted by atomic mass is 32.1. The largest absolute Gasteiger partial charge is 0.338 e. The first-order valence-electron chi connectivity index (χ1n) is 6.51. The van der Waals surface area contributed by atoms with Gasteiger partial charge in [-0.05, 0) is 26.0 Å². The smallest absolute Gasteiger partial charge is 0.315 e. The number of hydrogen-bond donors (Lipinski definition) is 2. The van der Waals surface area contributed by atoms with Gasteiger partial charge in [-0.15, -0.1) is 11.3 Å². The summed E-state index contributed by atoms with van der Waals surface area (Å²) in [6.07, 6.45) is 2.46. The average Bonchev–Trinajstić information content (AvgIpc) is 2.85. The molecule has 1 atom stereocenters. The number of urea groups is 1. The summed E-state index contributed by atoms with van der Waals surface area (Å²) in [5, 5.41) is 8.75. The molecule has 0 fully saturated rings. The number of amides is 2. The predicted molar refractivity (Wildman–Crippen MR) is 79.7 cm³/mol. The quantitative estimate of drug-likeness (QED) is 0.889.